The molecule has 138 valence electrons. The molecule has 0 saturated carbocycles. The van der Waals surface area contributed by atoms with Crippen LogP contribution in [0.2, 0.25) is 0 Å². The Morgan fingerprint density at radius 1 is 1.11 bits per heavy atom. The van der Waals surface area contributed by atoms with Crippen LogP contribution in [-0.4, -0.2) is 45.5 Å². The number of nitrogens with zero attached hydrogens (tertiary/aromatic N) is 3. The number of carbonyl (C=O) groups is 2. The van der Waals surface area contributed by atoms with Crippen LogP contribution < -0.4 is 5.32 Å². The molecule has 0 unspecified atom stereocenters. The zero-order chi connectivity index (χ0) is 19.0. The number of hydrogen-bond acceptors (Lipinski definition) is 3. The van der Waals surface area contributed by atoms with Gasteiger partial charge in [0.05, 0.1) is 23.3 Å². The van der Waals surface area contributed by atoms with Crippen molar-refractivity contribution >= 4 is 17.3 Å². The monoisotopic (exact) mass is 362 g/mol. The van der Waals surface area contributed by atoms with Gasteiger partial charge in [-0.15, -0.1) is 0 Å². The van der Waals surface area contributed by atoms with Crippen LogP contribution in [0.25, 0.3) is 5.52 Å². The molecule has 4 rings (SSSR count). The summed E-state index contributed by atoms with van der Waals surface area (Å²) >= 11 is 0. The molecule has 1 aliphatic rings. The van der Waals surface area contributed by atoms with Crippen molar-refractivity contribution in [3.8, 4) is 0 Å². The normalized spacial score (nSPS) is 19.4. The van der Waals surface area contributed by atoms with Crippen LogP contribution in [0.1, 0.15) is 34.3 Å². The lowest BCUT2D eigenvalue weighted by molar-refractivity contribution is -0.119. The second kappa shape index (κ2) is 6.87. The van der Waals surface area contributed by atoms with Gasteiger partial charge in [-0.2, -0.15) is 5.10 Å². The molecule has 27 heavy (non-hydrogen) atoms. The Hall–Kier alpha value is -3.15. The van der Waals surface area contributed by atoms with E-state index in [1.54, 1.807) is 10.7 Å². The van der Waals surface area contributed by atoms with Gasteiger partial charge < -0.3 is 10.2 Å². The summed E-state index contributed by atoms with van der Waals surface area (Å²) in [4.78, 5) is 26.6. The summed E-state index contributed by atoms with van der Waals surface area (Å²) in [5, 5.41) is 7.28. The molecule has 1 saturated heterocycles. The van der Waals surface area contributed by atoms with Gasteiger partial charge in [-0.3, -0.25) is 9.59 Å². The first-order valence-electron chi connectivity index (χ1n) is 9.08. The molecule has 2 amide bonds. The maximum atomic E-state index is 13.1. The van der Waals surface area contributed by atoms with Crippen LogP contribution in [0.4, 0.5) is 0 Å². The number of benzene rings is 1. The van der Waals surface area contributed by atoms with Gasteiger partial charge in [-0.05, 0) is 24.6 Å². The van der Waals surface area contributed by atoms with Gasteiger partial charge in [-0.25, -0.2) is 4.52 Å². The number of rotatable bonds is 3. The lowest BCUT2D eigenvalue weighted by Crippen LogP contribution is -2.39. The number of aryl methyl sites for hydroxylation is 1. The minimum absolute atomic E-state index is 0.0545. The maximum absolute atomic E-state index is 13.1. The van der Waals surface area contributed by atoms with Crippen molar-refractivity contribution in [1.29, 1.82) is 0 Å². The molecule has 1 aromatic carbocycles. The quantitative estimate of drug-likeness (QED) is 0.778. The van der Waals surface area contributed by atoms with Crippen molar-refractivity contribution in [2.45, 2.75) is 25.8 Å². The zero-order valence-corrected chi connectivity index (χ0v) is 15.4. The molecule has 2 aromatic heterocycles. The third-order valence-electron chi connectivity index (χ3n) is 5.16. The summed E-state index contributed by atoms with van der Waals surface area (Å²) in [5.74, 6) is -0.0659. The largest absolute Gasteiger partial charge is 0.351 e. The molecule has 0 radical (unpaired) electrons. The van der Waals surface area contributed by atoms with E-state index in [0.29, 0.717) is 18.7 Å². The fourth-order valence-electron chi connectivity index (χ4n) is 3.80. The van der Waals surface area contributed by atoms with Gasteiger partial charge in [0.1, 0.15) is 0 Å². The smallest absolute Gasteiger partial charge is 0.257 e. The zero-order valence-electron chi connectivity index (χ0n) is 15.4. The fraction of sp³-hybridized carbons (Fsp3) is 0.286. The molecular formula is C21H22N4O2. The summed E-state index contributed by atoms with van der Waals surface area (Å²) in [6, 6.07) is 13.9. The number of likely N-dealkylation sites (tertiary alicyclic amines) is 1. The lowest BCUT2D eigenvalue weighted by Gasteiger charge is -2.19. The number of amides is 2. The van der Waals surface area contributed by atoms with Crippen LogP contribution in [0.3, 0.4) is 0 Å². The van der Waals surface area contributed by atoms with Crippen LogP contribution in [-0.2, 0) is 4.79 Å². The summed E-state index contributed by atoms with van der Waals surface area (Å²) in [6.45, 7) is 4.62. The number of nitrogens with one attached hydrogen (secondary N) is 1. The van der Waals surface area contributed by atoms with Crippen molar-refractivity contribution in [3.05, 3.63) is 71.5 Å². The molecule has 2 atom stereocenters. The minimum Gasteiger partial charge on any atom is -0.351 e. The molecule has 6 heteroatoms. The van der Waals surface area contributed by atoms with Gasteiger partial charge in [0.15, 0.2) is 0 Å². The summed E-state index contributed by atoms with van der Waals surface area (Å²) < 4.78 is 1.70. The van der Waals surface area contributed by atoms with Gasteiger partial charge in [-0.1, -0.05) is 35.9 Å². The Kier molecular flexibility index (Phi) is 4.39. The molecule has 3 heterocycles. The topological polar surface area (TPSA) is 66.7 Å². The number of fused-ring (bicyclic) bond motifs is 1. The van der Waals surface area contributed by atoms with E-state index >= 15 is 0 Å². The summed E-state index contributed by atoms with van der Waals surface area (Å²) in [6.07, 6.45) is 3.44. The highest BCUT2D eigenvalue weighted by Gasteiger charge is 2.37. The van der Waals surface area contributed by atoms with E-state index in [-0.39, 0.29) is 23.8 Å². The Morgan fingerprint density at radius 3 is 2.63 bits per heavy atom. The highest BCUT2D eigenvalue weighted by Crippen LogP contribution is 2.29. The van der Waals surface area contributed by atoms with Gasteiger partial charge in [0.2, 0.25) is 5.91 Å². The van der Waals surface area contributed by atoms with E-state index in [0.717, 1.165) is 11.1 Å². The van der Waals surface area contributed by atoms with E-state index in [4.69, 9.17) is 0 Å². The summed E-state index contributed by atoms with van der Waals surface area (Å²) in [7, 11) is 0. The Labute approximate surface area is 157 Å². The Morgan fingerprint density at radius 2 is 1.89 bits per heavy atom. The third kappa shape index (κ3) is 3.30. The molecule has 3 aromatic rings. The Bertz CT molecular complexity index is 993. The van der Waals surface area contributed by atoms with E-state index < -0.39 is 0 Å². The molecule has 0 spiro atoms. The Balaban J connectivity index is 1.63. The highest BCUT2D eigenvalue weighted by atomic mass is 16.2. The second-order valence-corrected chi connectivity index (χ2v) is 7.12. The van der Waals surface area contributed by atoms with E-state index in [1.165, 1.54) is 12.5 Å². The van der Waals surface area contributed by atoms with Crippen molar-refractivity contribution in [2.24, 2.45) is 0 Å². The molecule has 0 bridgehead atoms. The molecule has 1 fully saturated rings. The first kappa shape index (κ1) is 17.3. The van der Waals surface area contributed by atoms with Crippen LogP contribution in [0.15, 0.2) is 54.9 Å². The van der Waals surface area contributed by atoms with E-state index in [2.05, 4.69) is 34.7 Å². The predicted molar refractivity (Wildman–Crippen MR) is 103 cm³/mol. The maximum Gasteiger partial charge on any atom is 0.257 e. The SMILES string of the molecule is CC(=O)N[C@@H]1CN(C(=O)c2cnn3ccccc23)C[C@H]1c1ccc(C)cc1. The lowest BCUT2D eigenvalue weighted by atomic mass is 9.93. The molecule has 0 aliphatic carbocycles. The van der Waals surface area contributed by atoms with E-state index in [9.17, 15) is 9.59 Å². The predicted octanol–water partition coefficient (Wildman–Crippen LogP) is 2.39. The molecule has 6 nitrogen and oxygen atoms in total. The number of pyridine rings is 1. The molecule has 1 aliphatic heterocycles. The van der Waals surface area contributed by atoms with Gasteiger partial charge >= 0.3 is 0 Å². The van der Waals surface area contributed by atoms with E-state index in [1.807, 2.05) is 36.2 Å². The number of aromatic nitrogens is 2. The third-order valence-corrected chi connectivity index (χ3v) is 5.16. The minimum atomic E-state index is -0.101. The number of carbonyl (C=O) groups excluding carboxylic acids is 2. The average Bonchev–Trinajstić information content (AvgIpc) is 3.26. The van der Waals surface area contributed by atoms with Crippen molar-refractivity contribution in [3.63, 3.8) is 0 Å². The average molecular weight is 362 g/mol. The highest BCUT2D eigenvalue weighted by molar-refractivity contribution is 6.00. The summed E-state index contributed by atoms with van der Waals surface area (Å²) in [5.41, 5.74) is 3.70. The molecular weight excluding hydrogens is 340 g/mol. The van der Waals surface area contributed by atoms with Crippen LogP contribution >= 0.6 is 0 Å². The van der Waals surface area contributed by atoms with Crippen LogP contribution in [0, 0.1) is 6.92 Å². The molecule has 1 N–H and O–H groups in total. The first-order valence-corrected chi connectivity index (χ1v) is 9.08. The number of hydrogen-bond donors (Lipinski definition) is 1. The van der Waals surface area contributed by atoms with Gasteiger partial charge in [0, 0.05) is 32.1 Å². The first-order chi connectivity index (χ1) is 13.0. The van der Waals surface area contributed by atoms with Crippen molar-refractivity contribution < 1.29 is 9.59 Å². The van der Waals surface area contributed by atoms with Crippen molar-refractivity contribution in [1.82, 2.24) is 19.8 Å². The van der Waals surface area contributed by atoms with Crippen molar-refractivity contribution in [2.75, 3.05) is 13.1 Å². The van der Waals surface area contributed by atoms with Gasteiger partial charge in [0.25, 0.3) is 5.91 Å². The fourth-order valence-corrected chi connectivity index (χ4v) is 3.80. The van der Waals surface area contributed by atoms with Crippen LogP contribution in [0.5, 0.6) is 0 Å². The standard InChI is InChI=1S/C21H22N4O2/c1-14-6-8-16(9-7-14)18-12-24(13-19(18)23-15(2)26)21(27)17-11-22-25-10-4-3-5-20(17)25/h3-11,18-19H,12-13H2,1-2H3,(H,23,26)/t18-,19+/m0/s1. The second-order valence-electron chi connectivity index (χ2n) is 7.12.